The molecule has 16 heavy (non-hydrogen) atoms. The molecule has 3 heteroatoms. The second-order valence-electron chi connectivity index (χ2n) is 4.10. The number of aryl methyl sites for hydroxylation is 1. The van der Waals surface area contributed by atoms with Crippen molar-refractivity contribution in [2.75, 3.05) is 18.6 Å². The highest BCUT2D eigenvalue weighted by atomic mass is 32.2. The first-order chi connectivity index (χ1) is 7.65. The van der Waals surface area contributed by atoms with Gasteiger partial charge in [-0.15, -0.1) is 0 Å². The van der Waals surface area contributed by atoms with Gasteiger partial charge in [0.25, 0.3) is 0 Å². The molecule has 0 fully saturated rings. The van der Waals surface area contributed by atoms with E-state index < -0.39 is 10.8 Å². The van der Waals surface area contributed by atoms with Gasteiger partial charge in [0.1, 0.15) is 0 Å². The zero-order valence-corrected chi connectivity index (χ0v) is 11.1. The molecule has 0 spiro atoms. The molecule has 1 aromatic rings. The van der Waals surface area contributed by atoms with E-state index in [0.717, 1.165) is 13.0 Å². The lowest BCUT2D eigenvalue weighted by molar-refractivity contribution is 0.568. The zero-order valence-electron chi connectivity index (χ0n) is 10.3. The lowest BCUT2D eigenvalue weighted by Gasteiger charge is -2.19. The maximum atomic E-state index is 11.4. The third-order valence-electron chi connectivity index (χ3n) is 2.61. The van der Waals surface area contributed by atoms with Gasteiger partial charge in [-0.3, -0.25) is 4.21 Å². The lowest BCUT2D eigenvalue weighted by atomic mass is 10.0. The summed E-state index contributed by atoms with van der Waals surface area (Å²) in [5.41, 5.74) is 2.53. The van der Waals surface area contributed by atoms with E-state index in [1.165, 1.54) is 11.1 Å². The van der Waals surface area contributed by atoms with Gasteiger partial charge in [-0.25, -0.2) is 0 Å². The lowest BCUT2D eigenvalue weighted by Crippen LogP contribution is -2.27. The number of hydrogen-bond acceptors (Lipinski definition) is 2. The molecule has 1 N–H and O–H groups in total. The average Bonchev–Trinajstić information content (AvgIpc) is 2.24. The highest BCUT2D eigenvalue weighted by Crippen LogP contribution is 2.18. The van der Waals surface area contributed by atoms with Gasteiger partial charge in [0.2, 0.25) is 0 Å². The van der Waals surface area contributed by atoms with E-state index in [-0.39, 0.29) is 6.04 Å². The molecule has 0 heterocycles. The Hall–Kier alpha value is -0.670. The van der Waals surface area contributed by atoms with Crippen LogP contribution in [-0.2, 0) is 10.8 Å². The van der Waals surface area contributed by atoms with Crippen molar-refractivity contribution < 1.29 is 4.21 Å². The molecule has 0 amide bonds. The first-order valence-electron chi connectivity index (χ1n) is 5.74. The molecule has 0 saturated heterocycles. The summed E-state index contributed by atoms with van der Waals surface area (Å²) in [6.07, 6.45) is 2.86. The van der Waals surface area contributed by atoms with E-state index in [1.54, 1.807) is 6.26 Å². The minimum absolute atomic E-state index is 0.215. The van der Waals surface area contributed by atoms with Gasteiger partial charge in [0, 0.05) is 28.9 Å². The molecule has 1 aromatic carbocycles. The fraction of sp³-hybridized carbons (Fsp3) is 0.538. The molecule has 2 unspecified atom stereocenters. The summed E-state index contributed by atoms with van der Waals surface area (Å²) in [6, 6.07) is 8.52. The molecule has 90 valence electrons. The molecule has 2 nitrogen and oxygen atoms in total. The number of benzene rings is 1. The quantitative estimate of drug-likeness (QED) is 0.826. The van der Waals surface area contributed by atoms with E-state index in [2.05, 4.69) is 31.3 Å². The van der Waals surface area contributed by atoms with Crippen LogP contribution in [-0.4, -0.2) is 22.8 Å². The first-order valence-corrected chi connectivity index (χ1v) is 7.46. The highest BCUT2D eigenvalue weighted by molar-refractivity contribution is 7.84. The zero-order chi connectivity index (χ0) is 12.0. The summed E-state index contributed by atoms with van der Waals surface area (Å²) >= 11 is 0. The Morgan fingerprint density at radius 3 is 2.62 bits per heavy atom. The normalized spacial score (nSPS) is 14.7. The maximum absolute atomic E-state index is 11.4. The Bertz CT molecular complexity index is 352. The molecular formula is C13H21NOS. The number of nitrogens with one attached hydrogen (secondary N) is 1. The monoisotopic (exact) mass is 239 g/mol. The van der Waals surface area contributed by atoms with Crippen molar-refractivity contribution in [3.8, 4) is 0 Å². The molecule has 0 bridgehead atoms. The summed E-state index contributed by atoms with van der Waals surface area (Å²) in [4.78, 5) is 0. The highest BCUT2D eigenvalue weighted by Gasteiger charge is 2.13. The summed E-state index contributed by atoms with van der Waals surface area (Å²) < 4.78 is 11.4. The van der Waals surface area contributed by atoms with Crippen LogP contribution in [0.4, 0.5) is 0 Å². The van der Waals surface area contributed by atoms with Gasteiger partial charge < -0.3 is 5.32 Å². The second kappa shape index (κ2) is 6.81. The molecule has 0 radical (unpaired) electrons. The molecule has 0 saturated carbocycles. The number of hydrogen-bond donors (Lipinski definition) is 1. The SMILES string of the molecule is CCCNC(CS(C)=O)c1ccccc1C. The van der Waals surface area contributed by atoms with Crippen LogP contribution in [0.3, 0.4) is 0 Å². The minimum Gasteiger partial charge on any atom is -0.309 e. The topological polar surface area (TPSA) is 29.1 Å². The average molecular weight is 239 g/mol. The van der Waals surface area contributed by atoms with Crippen LogP contribution in [0.5, 0.6) is 0 Å². The Morgan fingerprint density at radius 1 is 1.38 bits per heavy atom. The molecule has 2 atom stereocenters. The van der Waals surface area contributed by atoms with E-state index in [4.69, 9.17) is 0 Å². The van der Waals surface area contributed by atoms with Crippen molar-refractivity contribution in [3.63, 3.8) is 0 Å². The standard InChI is InChI=1S/C13H21NOS/c1-4-9-14-13(10-16(3)15)12-8-6-5-7-11(12)2/h5-8,13-14H,4,9-10H2,1-3H3. The molecule has 0 aliphatic heterocycles. The summed E-state index contributed by atoms with van der Waals surface area (Å²) in [6.45, 7) is 5.22. The van der Waals surface area contributed by atoms with Gasteiger partial charge in [0.05, 0.1) is 0 Å². The van der Waals surface area contributed by atoms with Crippen molar-refractivity contribution in [1.29, 1.82) is 0 Å². The van der Waals surface area contributed by atoms with Crippen LogP contribution in [0.2, 0.25) is 0 Å². The molecule has 1 rings (SSSR count). The summed E-state index contributed by atoms with van der Waals surface area (Å²) in [7, 11) is -0.770. The Morgan fingerprint density at radius 2 is 2.06 bits per heavy atom. The predicted octanol–water partition coefficient (Wildman–Crippen LogP) is 2.41. The van der Waals surface area contributed by atoms with Crippen molar-refractivity contribution in [1.82, 2.24) is 5.32 Å². The third-order valence-corrected chi connectivity index (χ3v) is 3.41. The fourth-order valence-electron chi connectivity index (χ4n) is 1.79. The van der Waals surface area contributed by atoms with Gasteiger partial charge in [-0.05, 0) is 31.0 Å². The van der Waals surface area contributed by atoms with Crippen molar-refractivity contribution in [3.05, 3.63) is 35.4 Å². The van der Waals surface area contributed by atoms with Crippen LogP contribution in [0, 0.1) is 6.92 Å². The van der Waals surface area contributed by atoms with Gasteiger partial charge in [0.15, 0.2) is 0 Å². The summed E-state index contributed by atoms with van der Waals surface area (Å²) in [5, 5.41) is 3.46. The smallest absolute Gasteiger partial charge is 0.0439 e. The van der Waals surface area contributed by atoms with Gasteiger partial charge in [-0.2, -0.15) is 0 Å². The maximum Gasteiger partial charge on any atom is 0.0439 e. The second-order valence-corrected chi connectivity index (χ2v) is 5.58. The Kier molecular flexibility index (Phi) is 5.71. The minimum atomic E-state index is -0.770. The fourth-order valence-corrected chi connectivity index (χ4v) is 2.56. The van der Waals surface area contributed by atoms with Crippen LogP contribution < -0.4 is 5.32 Å². The van der Waals surface area contributed by atoms with Crippen molar-refractivity contribution in [2.24, 2.45) is 0 Å². The van der Waals surface area contributed by atoms with Crippen molar-refractivity contribution >= 4 is 10.8 Å². The van der Waals surface area contributed by atoms with Crippen LogP contribution >= 0.6 is 0 Å². The van der Waals surface area contributed by atoms with Gasteiger partial charge >= 0.3 is 0 Å². The Labute approximate surface area is 101 Å². The number of rotatable bonds is 6. The predicted molar refractivity (Wildman–Crippen MR) is 71.1 cm³/mol. The largest absolute Gasteiger partial charge is 0.309 e. The molecule has 0 aromatic heterocycles. The van der Waals surface area contributed by atoms with Gasteiger partial charge in [-0.1, -0.05) is 31.2 Å². The van der Waals surface area contributed by atoms with E-state index in [1.807, 2.05) is 12.1 Å². The molecular weight excluding hydrogens is 218 g/mol. The van der Waals surface area contributed by atoms with E-state index in [9.17, 15) is 4.21 Å². The summed E-state index contributed by atoms with van der Waals surface area (Å²) in [5.74, 6) is 0.685. The Balaban J connectivity index is 2.82. The third kappa shape index (κ3) is 4.06. The first kappa shape index (κ1) is 13.4. The molecule has 0 aliphatic carbocycles. The van der Waals surface area contributed by atoms with E-state index in [0.29, 0.717) is 5.75 Å². The van der Waals surface area contributed by atoms with Crippen LogP contribution in [0.1, 0.15) is 30.5 Å². The molecule has 0 aliphatic rings. The van der Waals surface area contributed by atoms with Crippen LogP contribution in [0.15, 0.2) is 24.3 Å². The van der Waals surface area contributed by atoms with E-state index >= 15 is 0 Å². The van der Waals surface area contributed by atoms with Crippen LogP contribution in [0.25, 0.3) is 0 Å². The van der Waals surface area contributed by atoms with Crippen molar-refractivity contribution in [2.45, 2.75) is 26.3 Å².